The van der Waals surface area contributed by atoms with Crippen molar-refractivity contribution < 1.29 is 8.42 Å². The molecule has 2 aromatic rings. The van der Waals surface area contributed by atoms with Gasteiger partial charge in [0.15, 0.2) is 0 Å². The van der Waals surface area contributed by atoms with Crippen LogP contribution in [0.4, 0.5) is 0 Å². The van der Waals surface area contributed by atoms with Crippen LogP contribution < -0.4 is 4.72 Å². The monoisotopic (exact) mass is 321 g/mol. The van der Waals surface area contributed by atoms with Crippen molar-refractivity contribution in [2.24, 2.45) is 0 Å². The van der Waals surface area contributed by atoms with Crippen molar-refractivity contribution in [3.05, 3.63) is 77.8 Å². The maximum absolute atomic E-state index is 12.4. The largest absolute Gasteiger partial charge is 0.241 e. The maximum Gasteiger partial charge on any atom is 0.241 e. The van der Waals surface area contributed by atoms with Gasteiger partial charge in [-0.15, -0.1) is 6.58 Å². The number of halogens is 1. The lowest BCUT2D eigenvalue weighted by Gasteiger charge is -2.18. The lowest BCUT2D eigenvalue weighted by Crippen LogP contribution is -2.28. The van der Waals surface area contributed by atoms with E-state index in [1.54, 1.807) is 48.5 Å². The summed E-state index contributed by atoms with van der Waals surface area (Å²) in [6.07, 6.45) is 2.18. The van der Waals surface area contributed by atoms with Gasteiger partial charge in [0.1, 0.15) is 0 Å². The van der Waals surface area contributed by atoms with Crippen LogP contribution in [0, 0.1) is 0 Å². The highest BCUT2D eigenvalue weighted by Crippen LogP contribution is 2.22. The second-order valence-electron chi connectivity index (χ2n) is 4.56. The summed E-state index contributed by atoms with van der Waals surface area (Å²) in [4.78, 5) is 0.244. The Morgan fingerprint density at radius 3 is 2.29 bits per heavy atom. The molecule has 3 nitrogen and oxygen atoms in total. The standard InChI is InChI=1S/C16H16ClNO2S/c1-2-6-16(13-9-11-14(17)12-10-13)18-21(19,20)15-7-4-3-5-8-15/h2-5,7-12,16,18H,1,6H2. The molecule has 0 fully saturated rings. The van der Waals surface area contributed by atoms with Crippen LogP contribution in [0.3, 0.4) is 0 Å². The lowest BCUT2D eigenvalue weighted by atomic mass is 10.1. The molecule has 21 heavy (non-hydrogen) atoms. The van der Waals surface area contributed by atoms with Gasteiger partial charge in [0, 0.05) is 5.02 Å². The summed E-state index contributed by atoms with van der Waals surface area (Å²) in [6.45, 7) is 3.69. The lowest BCUT2D eigenvalue weighted by molar-refractivity contribution is 0.557. The van der Waals surface area contributed by atoms with Crippen LogP contribution in [0.25, 0.3) is 0 Å². The van der Waals surface area contributed by atoms with Crippen molar-refractivity contribution in [1.29, 1.82) is 0 Å². The Balaban J connectivity index is 2.28. The summed E-state index contributed by atoms with van der Waals surface area (Å²) in [5.41, 5.74) is 0.846. The zero-order valence-electron chi connectivity index (χ0n) is 11.4. The highest BCUT2D eigenvalue weighted by molar-refractivity contribution is 7.89. The first kappa shape index (κ1) is 15.8. The molecule has 1 unspecified atom stereocenters. The fourth-order valence-electron chi connectivity index (χ4n) is 1.97. The third-order valence-electron chi connectivity index (χ3n) is 3.03. The molecule has 0 heterocycles. The minimum absolute atomic E-state index is 0.244. The molecular weight excluding hydrogens is 306 g/mol. The molecule has 0 aliphatic heterocycles. The molecule has 0 aromatic heterocycles. The number of rotatable bonds is 6. The average molecular weight is 322 g/mol. The molecule has 110 valence electrons. The van der Waals surface area contributed by atoms with Crippen molar-refractivity contribution in [2.45, 2.75) is 17.4 Å². The van der Waals surface area contributed by atoms with Crippen LogP contribution in [0.1, 0.15) is 18.0 Å². The summed E-state index contributed by atoms with van der Waals surface area (Å²) in [7, 11) is -3.57. The van der Waals surface area contributed by atoms with E-state index in [0.717, 1.165) is 5.56 Å². The molecule has 1 atom stereocenters. The molecule has 0 aliphatic rings. The van der Waals surface area contributed by atoms with Gasteiger partial charge in [0.2, 0.25) is 10.0 Å². The van der Waals surface area contributed by atoms with Crippen LogP contribution in [0.2, 0.25) is 5.02 Å². The predicted octanol–water partition coefficient (Wildman–Crippen LogP) is 3.94. The summed E-state index contributed by atoms with van der Waals surface area (Å²) in [5.74, 6) is 0. The minimum atomic E-state index is -3.57. The summed E-state index contributed by atoms with van der Waals surface area (Å²) in [5, 5.41) is 0.613. The first-order chi connectivity index (χ1) is 10.0. The molecule has 0 amide bonds. The van der Waals surface area contributed by atoms with Gasteiger partial charge in [0.05, 0.1) is 10.9 Å². The van der Waals surface area contributed by atoms with Gasteiger partial charge in [-0.3, -0.25) is 0 Å². The van der Waals surface area contributed by atoms with Crippen LogP contribution in [-0.2, 0) is 10.0 Å². The molecule has 0 saturated carbocycles. The van der Waals surface area contributed by atoms with Crippen molar-refractivity contribution in [3.63, 3.8) is 0 Å². The summed E-state index contributed by atoms with van der Waals surface area (Å²) in [6, 6.07) is 15.0. The smallest absolute Gasteiger partial charge is 0.207 e. The normalized spacial score (nSPS) is 12.8. The van der Waals surface area contributed by atoms with Crippen LogP contribution >= 0.6 is 11.6 Å². The topological polar surface area (TPSA) is 46.2 Å². The van der Waals surface area contributed by atoms with Gasteiger partial charge >= 0.3 is 0 Å². The fraction of sp³-hybridized carbons (Fsp3) is 0.125. The predicted molar refractivity (Wildman–Crippen MR) is 85.8 cm³/mol. The summed E-state index contributed by atoms with van der Waals surface area (Å²) < 4.78 is 27.5. The second kappa shape index (κ2) is 6.89. The molecule has 2 rings (SSSR count). The SMILES string of the molecule is C=CCC(NS(=O)(=O)c1ccccc1)c1ccc(Cl)cc1. The van der Waals surface area contributed by atoms with Gasteiger partial charge in [-0.2, -0.15) is 0 Å². The van der Waals surface area contributed by atoms with Crippen molar-refractivity contribution in [3.8, 4) is 0 Å². The van der Waals surface area contributed by atoms with Gasteiger partial charge < -0.3 is 0 Å². The van der Waals surface area contributed by atoms with Crippen LogP contribution in [-0.4, -0.2) is 8.42 Å². The molecule has 0 spiro atoms. The van der Waals surface area contributed by atoms with Crippen molar-refractivity contribution in [2.75, 3.05) is 0 Å². The van der Waals surface area contributed by atoms with Crippen molar-refractivity contribution in [1.82, 2.24) is 4.72 Å². The molecule has 2 aromatic carbocycles. The molecule has 1 N–H and O–H groups in total. The number of benzene rings is 2. The fourth-order valence-corrected chi connectivity index (χ4v) is 3.35. The zero-order valence-corrected chi connectivity index (χ0v) is 12.9. The molecule has 0 radical (unpaired) electrons. The van der Waals surface area contributed by atoms with Crippen molar-refractivity contribution >= 4 is 21.6 Å². The van der Waals surface area contributed by atoms with E-state index in [0.29, 0.717) is 11.4 Å². The van der Waals surface area contributed by atoms with E-state index in [9.17, 15) is 8.42 Å². The highest BCUT2D eigenvalue weighted by Gasteiger charge is 2.20. The summed E-state index contributed by atoms with van der Waals surface area (Å²) >= 11 is 5.86. The first-order valence-electron chi connectivity index (χ1n) is 6.46. The third-order valence-corrected chi connectivity index (χ3v) is 4.77. The number of sulfonamides is 1. The van der Waals surface area contributed by atoms with E-state index in [1.807, 2.05) is 12.1 Å². The van der Waals surface area contributed by atoms with E-state index in [4.69, 9.17) is 11.6 Å². The Morgan fingerprint density at radius 1 is 1.10 bits per heavy atom. The van der Waals surface area contributed by atoms with Gasteiger partial charge in [-0.25, -0.2) is 13.1 Å². The van der Waals surface area contributed by atoms with Gasteiger partial charge in [0.25, 0.3) is 0 Å². The second-order valence-corrected chi connectivity index (χ2v) is 6.71. The van der Waals surface area contributed by atoms with Gasteiger partial charge in [-0.1, -0.05) is 48.0 Å². The van der Waals surface area contributed by atoms with E-state index < -0.39 is 10.0 Å². The third kappa shape index (κ3) is 4.17. The number of nitrogens with one attached hydrogen (secondary N) is 1. The molecule has 0 saturated heterocycles. The Hall–Kier alpha value is -1.62. The van der Waals surface area contributed by atoms with E-state index in [-0.39, 0.29) is 10.9 Å². The zero-order chi connectivity index (χ0) is 15.3. The number of hydrogen-bond donors (Lipinski definition) is 1. The van der Waals surface area contributed by atoms with Crippen LogP contribution in [0.15, 0.2) is 72.1 Å². The molecule has 0 bridgehead atoms. The van der Waals surface area contributed by atoms with Gasteiger partial charge in [-0.05, 0) is 36.2 Å². The van der Waals surface area contributed by atoms with E-state index in [1.165, 1.54) is 0 Å². The Kier molecular flexibility index (Phi) is 5.17. The Labute approximate surface area is 130 Å². The minimum Gasteiger partial charge on any atom is -0.207 e. The van der Waals surface area contributed by atoms with E-state index in [2.05, 4.69) is 11.3 Å². The average Bonchev–Trinajstić information content (AvgIpc) is 2.48. The van der Waals surface area contributed by atoms with Crippen LogP contribution in [0.5, 0.6) is 0 Å². The van der Waals surface area contributed by atoms with E-state index >= 15 is 0 Å². The Morgan fingerprint density at radius 2 is 1.71 bits per heavy atom. The highest BCUT2D eigenvalue weighted by atomic mass is 35.5. The first-order valence-corrected chi connectivity index (χ1v) is 8.33. The number of hydrogen-bond acceptors (Lipinski definition) is 2. The maximum atomic E-state index is 12.4. The quantitative estimate of drug-likeness (QED) is 0.819. The molecule has 0 aliphatic carbocycles. The Bertz CT molecular complexity index is 697. The molecular formula is C16H16ClNO2S. The molecule has 5 heteroatoms.